The quantitative estimate of drug-likeness (QED) is 0.0625. The molecule has 0 saturated heterocycles. The van der Waals surface area contributed by atoms with Gasteiger partial charge in [-0.3, -0.25) is 9.59 Å². The van der Waals surface area contributed by atoms with E-state index in [0.717, 1.165) is 54.6 Å². The van der Waals surface area contributed by atoms with E-state index in [9.17, 15) is 53.9 Å². The molecule has 63 heavy (non-hydrogen) atoms. The van der Waals surface area contributed by atoms with Gasteiger partial charge in [-0.1, -0.05) is 50.7 Å². The summed E-state index contributed by atoms with van der Waals surface area (Å²) in [7, 11) is 0. The molecule has 0 bridgehead atoms. The Morgan fingerprint density at radius 3 is 1.22 bits per heavy atom. The molecule has 0 fully saturated rings. The van der Waals surface area contributed by atoms with Gasteiger partial charge in [0.05, 0.1) is 31.8 Å². The van der Waals surface area contributed by atoms with Gasteiger partial charge in [0.2, 0.25) is 0 Å². The summed E-state index contributed by atoms with van der Waals surface area (Å²) in [6.07, 6.45) is -13.5. The van der Waals surface area contributed by atoms with Crippen molar-refractivity contribution >= 4 is 75.1 Å². The molecule has 27 heteroatoms. The fraction of sp³-hybridized carbons (Fsp3) is 0.389. The zero-order valence-electron chi connectivity index (χ0n) is 35.3. The van der Waals surface area contributed by atoms with Crippen molar-refractivity contribution in [2.24, 2.45) is 0 Å². The second-order valence-corrected chi connectivity index (χ2v) is 14.7. The van der Waals surface area contributed by atoms with Gasteiger partial charge >= 0.3 is 139 Å². The van der Waals surface area contributed by atoms with Crippen molar-refractivity contribution in [1.82, 2.24) is 0 Å². The summed E-state index contributed by atoms with van der Waals surface area (Å²) in [4.78, 5) is 43.3. The first-order valence-corrected chi connectivity index (χ1v) is 18.3. The molecule has 0 amide bonds. The molecule has 2 N–H and O–H groups in total. The number of carboxylic acids is 1. The van der Waals surface area contributed by atoms with E-state index in [4.69, 9.17) is 69.3 Å². The topological polar surface area (TPSA) is 178 Å². The number of aliphatic carboxylic acids is 1. The molecule has 0 unspecified atom stereocenters. The molecule has 3 aromatic carbocycles. The van der Waals surface area contributed by atoms with E-state index >= 15 is 0 Å². The molecule has 0 radical (unpaired) electrons. The Hall–Kier alpha value is -1.11. The van der Waals surface area contributed by atoms with Crippen molar-refractivity contribution in [2.75, 3.05) is 18.5 Å². The van der Waals surface area contributed by atoms with Gasteiger partial charge in [0.15, 0.2) is 13.2 Å². The Balaban J connectivity index is -0.000000239. The van der Waals surface area contributed by atoms with E-state index in [1.54, 1.807) is 20.8 Å². The number of esters is 2. The number of aromatic hydroxyl groups is 1. The average molecular weight is 1100 g/mol. The molecule has 0 aliphatic heterocycles. The first kappa shape index (κ1) is 68.5. The maximum atomic E-state index is 12.5. The van der Waals surface area contributed by atoms with E-state index in [2.05, 4.69) is 25.6 Å². The number of phenols is 1. The van der Waals surface area contributed by atoms with Crippen LogP contribution in [0.1, 0.15) is 59.7 Å². The summed E-state index contributed by atoms with van der Waals surface area (Å²) in [6, 6.07) is 8.10. The molecule has 0 heterocycles. The number of benzene rings is 3. The van der Waals surface area contributed by atoms with Crippen LogP contribution in [0.2, 0.25) is 15.1 Å². The largest absolute Gasteiger partial charge is 1.00 e. The molecule has 12 nitrogen and oxygen atoms in total. The Morgan fingerprint density at radius 1 is 0.651 bits per heavy atom. The number of rotatable bonds is 8. The van der Waals surface area contributed by atoms with Crippen LogP contribution in [0.25, 0.3) is 0 Å². The van der Waals surface area contributed by atoms with Crippen LogP contribution in [0.15, 0.2) is 54.6 Å². The van der Waals surface area contributed by atoms with E-state index in [1.807, 2.05) is 20.8 Å². The van der Waals surface area contributed by atoms with Crippen LogP contribution in [-0.2, 0) is 52.1 Å². The number of phenolic OH excluding ortho intramolecular Hbond substituents is 1. The van der Waals surface area contributed by atoms with Gasteiger partial charge in [-0.05, 0) is 96.1 Å². The third-order valence-corrected chi connectivity index (χ3v) is 6.85. The monoisotopic (exact) mass is 1090 g/mol. The number of carbonyl (C=O) groups excluding carboxylic acids is 3. The Labute approximate surface area is 464 Å². The van der Waals surface area contributed by atoms with E-state index < -0.39 is 81.0 Å². The predicted molar refractivity (Wildman–Crippen MR) is 203 cm³/mol. The van der Waals surface area contributed by atoms with Gasteiger partial charge in [-0.15, -0.1) is 0 Å². The number of ether oxygens (including phenoxy) is 4. The molecule has 0 aliphatic rings. The molecule has 3 aromatic rings. The molecule has 0 aromatic heterocycles. The number of carbonyl (C=O) groups is 4. The zero-order valence-corrected chi connectivity index (χ0v) is 44.4. The van der Waals surface area contributed by atoms with Crippen LogP contribution in [-0.4, -0.2) is 64.3 Å². The number of hydrogen-bond donors (Lipinski definition) is 2. The van der Waals surface area contributed by atoms with Crippen molar-refractivity contribution in [2.45, 2.75) is 71.3 Å². The number of hydrogen-bond acceptors (Lipinski definition) is 11. The molecule has 0 atom stereocenters. The van der Waals surface area contributed by atoms with Crippen LogP contribution in [0.4, 0.5) is 39.5 Å². The minimum atomic E-state index is -4.54. The molecule has 0 saturated carbocycles. The van der Waals surface area contributed by atoms with Crippen LogP contribution >= 0.6 is 50.7 Å². The molecule has 0 spiro atoms. The Morgan fingerprint density at radius 2 is 0.968 bits per heavy atom. The number of carboxylic acid groups (broad SMARTS) is 1. The summed E-state index contributed by atoms with van der Waals surface area (Å²) in [5, 5.41) is 24.2. The number of alkyl halides is 10. The van der Waals surface area contributed by atoms with Crippen LogP contribution in [0.3, 0.4) is 0 Å². The van der Waals surface area contributed by atoms with Gasteiger partial charge in [-0.25, -0.2) is 9.59 Å². The van der Waals surface area contributed by atoms with E-state index in [-0.39, 0.29) is 145 Å². The van der Waals surface area contributed by atoms with Gasteiger partial charge in [-0.2, -0.15) is 39.5 Å². The van der Waals surface area contributed by atoms with E-state index in [0.29, 0.717) is 0 Å². The maximum Gasteiger partial charge on any atom is 1.00 e. The fourth-order valence-corrected chi connectivity index (χ4v) is 4.34. The molecule has 0 aliphatic carbocycles. The standard InChI is InChI=1S/C13H14ClF3O3.C9H6ClF3O3.C7H4ClF3O.C6H11BrO2.CH2O3.2K.H/c1-12(2,3)20-11(18)7-19-8-4-5-9(10(14)6-8)13(15,16)17;10-7-3-5(16-4-8(14)15)1-2-6(7)9(11,12)13;8-6-3-4(12)1-2-5(6)7(9,10)11;1-6(2,3)9-5(8)4-7;2-1-4-3;;;/h4-6H,7H2,1-3H3;1-3H,4H2,(H,14,15);1-3,12H;4H2,1-3H3;1,3H;;;/q;;;;;2*+1;-1/p-1. The summed E-state index contributed by atoms with van der Waals surface area (Å²) in [6.45, 7) is 9.38. The minimum absolute atomic E-state index is 0. The second-order valence-electron chi connectivity index (χ2n) is 12.9. The van der Waals surface area contributed by atoms with E-state index in [1.165, 1.54) is 0 Å². The van der Waals surface area contributed by atoms with Crippen molar-refractivity contribution in [3.63, 3.8) is 0 Å². The van der Waals surface area contributed by atoms with Crippen LogP contribution in [0, 0.1) is 0 Å². The Bertz CT molecular complexity index is 1890. The smallest absolute Gasteiger partial charge is 1.00 e. The summed E-state index contributed by atoms with van der Waals surface area (Å²) < 4.78 is 130. The molecule has 346 valence electrons. The third-order valence-electron chi connectivity index (χ3n) is 5.46. The fourth-order valence-electron chi connectivity index (χ4n) is 3.39. The van der Waals surface area contributed by atoms with Gasteiger partial charge in [0.25, 0.3) is 6.47 Å². The first-order valence-electron chi connectivity index (χ1n) is 16.1. The SMILES string of the molecule is CC(C)(C)OC(=O)CBr.CC(C)(C)OC(=O)COc1ccc(C(F)(F)F)c(Cl)c1.O=C(O)COc1ccc(C(F)(F)F)c(Cl)c1.O=CO[O-].Oc1ccc(C(F)(F)F)c(Cl)c1.[H-].[K+].[K+]. The van der Waals surface area contributed by atoms with Crippen molar-refractivity contribution in [1.29, 1.82) is 0 Å². The van der Waals surface area contributed by atoms with Gasteiger partial charge < -0.3 is 40.7 Å². The predicted octanol–water partition coefficient (Wildman–Crippen LogP) is 4.24. The zero-order chi connectivity index (χ0) is 48.2. The third kappa shape index (κ3) is 33.9. The van der Waals surface area contributed by atoms with Crippen LogP contribution < -0.4 is 118 Å². The Kier molecular flexibility index (Phi) is 34.6. The van der Waals surface area contributed by atoms with Gasteiger partial charge in [0, 0.05) is 0 Å². The van der Waals surface area contributed by atoms with Gasteiger partial charge in [0.1, 0.15) is 33.8 Å². The average Bonchev–Trinajstić information content (AvgIpc) is 3.07. The molecular weight excluding hydrogens is 1060 g/mol. The van der Waals surface area contributed by atoms with Crippen LogP contribution in [0.5, 0.6) is 17.2 Å². The molecular formula is C36H37BrCl3F9K2O12. The van der Waals surface area contributed by atoms with Crippen molar-refractivity contribution < 1.29 is 202 Å². The van der Waals surface area contributed by atoms with Crippen molar-refractivity contribution in [3.05, 3.63) is 86.4 Å². The minimum Gasteiger partial charge on any atom is -1.00 e. The summed E-state index contributed by atoms with van der Waals surface area (Å²) in [5.41, 5.74) is -3.90. The second kappa shape index (κ2) is 31.8. The van der Waals surface area contributed by atoms with Crippen molar-refractivity contribution in [3.8, 4) is 17.2 Å². The summed E-state index contributed by atoms with van der Waals surface area (Å²) >= 11 is 19.1. The molecule has 3 rings (SSSR count). The summed E-state index contributed by atoms with van der Waals surface area (Å²) in [5.74, 6) is -2.31. The number of halogens is 13. The normalized spacial score (nSPS) is 10.9. The first-order chi connectivity index (χ1) is 27.6. The maximum absolute atomic E-state index is 12.5.